The van der Waals surface area contributed by atoms with Gasteiger partial charge in [0.15, 0.2) is 5.16 Å². The molecule has 2 aromatic carbocycles. The number of benzene rings is 2. The summed E-state index contributed by atoms with van der Waals surface area (Å²) < 4.78 is 1.39. The lowest BCUT2D eigenvalue weighted by Gasteiger charge is -2.13. The first-order valence-electron chi connectivity index (χ1n) is 6.66. The summed E-state index contributed by atoms with van der Waals surface area (Å²) >= 11 is 6.88. The Labute approximate surface area is 140 Å². The van der Waals surface area contributed by atoms with Gasteiger partial charge < -0.3 is 9.90 Å². The number of hydrogen-bond donors (Lipinski definition) is 0. The number of para-hydroxylation sites is 1. The molecule has 0 amide bonds. The number of thioether (sulfide) groups is 1. The van der Waals surface area contributed by atoms with Gasteiger partial charge in [0.25, 0.3) is 5.56 Å². The predicted molar refractivity (Wildman–Crippen MR) is 88.1 cm³/mol. The number of carbonyl (C=O) groups excluding carboxylic acids is 1. The normalized spacial score (nSPS) is 10.8. The van der Waals surface area contributed by atoms with Crippen LogP contribution in [0.15, 0.2) is 58.5 Å². The maximum atomic E-state index is 12.8. The van der Waals surface area contributed by atoms with Gasteiger partial charge in [-0.1, -0.05) is 41.6 Å². The van der Waals surface area contributed by atoms with Crippen molar-refractivity contribution >= 4 is 40.2 Å². The Morgan fingerprint density at radius 3 is 2.65 bits per heavy atom. The van der Waals surface area contributed by atoms with Crippen LogP contribution in [0.3, 0.4) is 0 Å². The fourth-order valence-electron chi connectivity index (χ4n) is 2.16. The Hall–Kier alpha value is -2.31. The predicted octanol–water partition coefficient (Wildman–Crippen LogP) is 1.88. The second-order valence-corrected chi connectivity index (χ2v) is 6.07. The molecule has 0 aliphatic carbocycles. The minimum atomic E-state index is -1.23. The van der Waals surface area contributed by atoms with Gasteiger partial charge in [0.1, 0.15) is 0 Å². The number of carbonyl (C=O) groups is 1. The molecule has 5 nitrogen and oxygen atoms in total. The molecule has 1 heterocycles. The van der Waals surface area contributed by atoms with E-state index in [4.69, 9.17) is 11.6 Å². The molecule has 0 fully saturated rings. The Morgan fingerprint density at radius 2 is 1.96 bits per heavy atom. The van der Waals surface area contributed by atoms with E-state index in [0.29, 0.717) is 21.6 Å². The van der Waals surface area contributed by atoms with Gasteiger partial charge in [0, 0.05) is 10.8 Å². The van der Waals surface area contributed by atoms with Gasteiger partial charge in [0.05, 0.1) is 22.6 Å². The average molecular weight is 346 g/mol. The molecule has 7 heteroatoms. The maximum Gasteiger partial charge on any atom is 0.266 e. The van der Waals surface area contributed by atoms with Gasteiger partial charge in [-0.25, -0.2) is 4.98 Å². The van der Waals surface area contributed by atoms with Gasteiger partial charge in [0.2, 0.25) is 0 Å². The van der Waals surface area contributed by atoms with E-state index in [1.54, 1.807) is 42.5 Å². The fraction of sp³-hybridized carbons (Fsp3) is 0.0625. The van der Waals surface area contributed by atoms with E-state index in [1.807, 2.05) is 6.07 Å². The van der Waals surface area contributed by atoms with E-state index in [2.05, 4.69) is 4.98 Å². The number of rotatable bonds is 4. The number of carboxylic acids is 1. The van der Waals surface area contributed by atoms with Crippen LogP contribution < -0.4 is 10.7 Å². The summed E-state index contributed by atoms with van der Waals surface area (Å²) in [5.41, 5.74) is 0.761. The van der Waals surface area contributed by atoms with Crippen LogP contribution in [0.5, 0.6) is 0 Å². The van der Waals surface area contributed by atoms with Crippen molar-refractivity contribution in [2.45, 2.75) is 5.16 Å². The summed E-state index contributed by atoms with van der Waals surface area (Å²) in [6.45, 7) is 0. The van der Waals surface area contributed by atoms with Crippen molar-refractivity contribution < 1.29 is 9.90 Å². The Balaban J connectivity index is 2.28. The molecular formula is C16H10ClN2O3S-. The van der Waals surface area contributed by atoms with Gasteiger partial charge in [-0.15, -0.1) is 0 Å². The number of hydrogen-bond acceptors (Lipinski definition) is 5. The van der Waals surface area contributed by atoms with Crippen molar-refractivity contribution in [1.29, 1.82) is 0 Å². The molecule has 0 saturated carbocycles. The number of fused-ring (bicyclic) bond motifs is 1. The van der Waals surface area contributed by atoms with E-state index in [0.717, 1.165) is 11.8 Å². The highest BCUT2D eigenvalue weighted by molar-refractivity contribution is 7.99. The minimum Gasteiger partial charge on any atom is -0.549 e. The largest absolute Gasteiger partial charge is 0.549 e. The smallest absolute Gasteiger partial charge is 0.266 e. The van der Waals surface area contributed by atoms with Crippen LogP contribution in [0, 0.1) is 0 Å². The van der Waals surface area contributed by atoms with Gasteiger partial charge in [-0.3, -0.25) is 9.36 Å². The molecule has 3 rings (SSSR count). The van der Waals surface area contributed by atoms with Crippen LogP contribution >= 0.6 is 23.4 Å². The van der Waals surface area contributed by atoms with E-state index >= 15 is 0 Å². The number of halogens is 1. The second-order valence-electron chi connectivity index (χ2n) is 4.69. The third-order valence-electron chi connectivity index (χ3n) is 3.13. The lowest BCUT2D eigenvalue weighted by Crippen LogP contribution is -2.26. The van der Waals surface area contributed by atoms with Crippen LogP contribution in [-0.4, -0.2) is 21.3 Å². The molecule has 1 aromatic heterocycles. The highest BCUT2D eigenvalue weighted by Gasteiger charge is 2.13. The highest BCUT2D eigenvalue weighted by Crippen LogP contribution is 2.22. The first kappa shape index (κ1) is 15.6. The van der Waals surface area contributed by atoms with Crippen LogP contribution in [0.1, 0.15) is 0 Å². The maximum absolute atomic E-state index is 12.8. The van der Waals surface area contributed by atoms with Gasteiger partial charge in [-0.2, -0.15) is 0 Å². The molecule has 0 aliphatic rings. The van der Waals surface area contributed by atoms with Crippen molar-refractivity contribution in [2.75, 3.05) is 5.75 Å². The standard InChI is InChI=1S/C16H11ClN2O3S/c17-10-6-7-12-13(8-10)18-16(23-9-14(20)21)19(15(12)22)11-4-2-1-3-5-11/h1-8H,9H2,(H,20,21)/p-1. The molecule has 3 aromatic rings. The monoisotopic (exact) mass is 345 g/mol. The quantitative estimate of drug-likeness (QED) is 0.533. The lowest BCUT2D eigenvalue weighted by molar-refractivity contribution is -0.301. The molecule has 0 aliphatic heterocycles. The van der Waals surface area contributed by atoms with Crippen molar-refractivity contribution in [1.82, 2.24) is 9.55 Å². The van der Waals surface area contributed by atoms with Crippen molar-refractivity contribution in [3.8, 4) is 5.69 Å². The molecule has 116 valence electrons. The lowest BCUT2D eigenvalue weighted by atomic mass is 10.2. The third kappa shape index (κ3) is 3.23. The average Bonchev–Trinajstić information content (AvgIpc) is 2.53. The zero-order chi connectivity index (χ0) is 16.4. The van der Waals surface area contributed by atoms with Gasteiger partial charge in [-0.05, 0) is 30.3 Å². The van der Waals surface area contributed by atoms with E-state index in [9.17, 15) is 14.7 Å². The van der Waals surface area contributed by atoms with E-state index in [-0.39, 0.29) is 16.5 Å². The Morgan fingerprint density at radius 1 is 1.22 bits per heavy atom. The summed E-state index contributed by atoms with van der Waals surface area (Å²) in [6.07, 6.45) is 0. The highest BCUT2D eigenvalue weighted by atomic mass is 35.5. The van der Waals surface area contributed by atoms with E-state index < -0.39 is 5.97 Å². The Bertz CT molecular complexity index is 941. The molecule has 0 atom stereocenters. The van der Waals surface area contributed by atoms with Crippen molar-refractivity contribution in [3.63, 3.8) is 0 Å². The molecule has 0 saturated heterocycles. The minimum absolute atomic E-state index is 0.278. The molecular weight excluding hydrogens is 336 g/mol. The molecule has 23 heavy (non-hydrogen) atoms. The first-order chi connectivity index (χ1) is 11.1. The molecule has 0 unspecified atom stereocenters. The molecule has 0 radical (unpaired) electrons. The first-order valence-corrected chi connectivity index (χ1v) is 8.03. The summed E-state index contributed by atoms with van der Waals surface area (Å²) in [4.78, 5) is 28.0. The summed E-state index contributed by atoms with van der Waals surface area (Å²) in [6, 6.07) is 13.7. The Kier molecular flexibility index (Phi) is 4.36. The van der Waals surface area contributed by atoms with Crippen LogP contribution in [0.2, 0.25) is 5.02 Å². The van der Waals surface area contributed by atoms with Crippen molar-refractivity contribution in [2.24, 2.45) is 0 Å². The topological polar surface area (TPSA) is 75.0 Å². The second kappa shape index (κ2) is 6.44. The molecule has 0 bridgehead atoms. The summed E-state index contributed by atoms with van der Waals surface area (Å²) in [5, 5.41) is 11.9. The zero-order valence-electron chi connectivity index (χ0n) is 11.7. The SMILES string of the molecule is O=C([O-])CSc1nc2cc(Cl)ccc2c(=O)n1-c1ccccc1. The molecule has 0 spiro atoms. The summed E-state index contributed by atoms with van der Waals surface area (Å²) in [7, 11) is 0. The third-order valence-corrected chi connectivity index (χ3v) is 4.28. The van der Waals surface area contributed by atoms with Crippen LogP contribution in [0.25, 0.3) is 16.6 Å². The van der Waals surface area contributed by atoms with Gasteiger partial charge >= 0.3 is 0 Å². The van der Waals surface area contributed by atoms with E-state index in [1.165, 1.54) is 4.57 Å². The summed E-state index contributed by atoms with van der Waals surface area (Å²) in [5.74, 6) is -1.53. The number of aliphatic carboxylic acids is 1. The molecule has 0 N–H and O–H groups in total. The fourth-order valence-corrected chi connectivity index (χ4v) is 3.06. The zero-order valence-corrected chi connectivity index (χ0v) is 13.3. The van der Waals surface area contributed by atoms with Crippen LogP contribution in [-0.2, 0) is 4.79 Å². The number of aromatic nitrogens is 2. The van der Waals surface area contributed by atoms with Crippen LogP contribution in [0.4, 0.5) is 0 Å². The number of nitrogens with zero attached hydrogens (tertiary/aromatic N) is 2. The van der Waals surface area contributed by atoms with Crippen molar-refractivity contribution in [3.05, 3.63) is 63.9 Å². The number of carboxylic acid groups (broad SMARTS) is 1.